The summed E-state index contributed by atoms with van der Waals surface area (Å²) in [5, 5.41) is 13.9. The highest BCUT2D eigenvalue weighted by Gasteiger charge is 2.14. The molecule has 0 spiro atoms. The molecule has 2 aromatic heterocycles. The van der Waals surface area contributed by atoms with E-state index in [1.54, 1.807) is 42.5 Å². The van der Waals surface area contributed by atoms with Crippen LogP contribution in [0, 0.1) is 0 Å². The summed E-state index contributed by atoms with van der Waals surface area (Å²) in [4.78, 5) is 32.8. The highest BCUT2D eigenvalue weighted by atomic mass is 127. The van der Waals surface area contributed by atoms with Crippen molar-refractivity contribution >= 4 is 63.0 Å². The molecule has 0 aliphatic carbocycles. The maximum Gasteiger partial charge on any atom is 0.269 e. The summed E-state index contributed by atoms with van der Waals surface area (Å²) in [6, 6.07) is 13.3. The molecular formula is C22H16ClIN6O3. The highest BCUT2D eigenvalue weighted by molar-refractivity contribution is 14.1. The molecule has 11 heteroatoms. The van der Waals surface area contributed by atoms with Gasteiger partial charge in [-0.15, -0.1) is 10.2 Å². The van der Waals surface area contributed by atoms with Crippen LogP contribution in [-0.2, 0) is 4.43 Å². The summed E-state index contributed by atoms with van der Waals surface area (Å²) in [6.07, 6.45) is 1.49. The molecule has 4 aromatic rings. The summed E-state index contributed by atoms with van der Waals surface area (Å²) >= 11 is 8.19. The van der Waals surface area contributed by atoms with Crippen molar-refractivity contribution in [1.29, 1.82) is 0 Å². The van der Waals surface area contributed by atoms with E-state index in [1.807, 2.05) is 0 Å². The third-order valence-corrected chi connectivity index (χ3v) is 5.59. The van der Waals surface area contributed by atoms with Crippen LogP contribution >= 0.6 is 34.2 Å². The molecule has 33 heavy (non-hydrogen) atoms. The van der Waals surface area contributed by atoms with Gasteiger partial charge in [-0.05, 0) is 42.0 Å². The van der Waals surface area contributed by atoms with Gasteiger partial charge in [-0.1, -0.05) is 34.2 Å². The summed E-state index contributed by atoms with van der Waals surface area (Å²) in [7, 11) is 1.53. The number of aromatic nitrogens is 4. The van der Waals surface area contributed by atoms with Crippen LogP contribution in [0.1, 0.15) is 26.4 Å². The largest absolute Gasteiger partial charge is 0.457 e. The first-order chi connectivity index (χ1) is 16.0. The van der Waals surface area contributed by atoms with Gasteiger partial charge in [0.2, 0.25) is 5.95 Å². The Hall–Kier alpha value is -3.38. The lowest BCUT2D eigenvalue weighted by Crippen LogP contribution is -2.18. The van der Waals surface area contributed by atoms with Gasteiger partial charge in [-0.3, -0.25) is 19.9 Å². The van der Waals surface area contributed by atoms with Crippen molar-refractivity contribution in [2.24, 2.45) is 0 Å². The highest BCUT2D eigenvalue weighted by Crippen LogP contribution is 2.25. The number of anilines is 1. The Morgan fingerprint density at radius 1 is 1.00 bits per heavy atom. The summed E-state index contributed by atoms with van der Waals surface area (Å²) in [6.45, 7) is 0. The number of nitrogens with one attached hydrogen (secondary N) is 2. The number of carbonyl (C=O) groups excluding carboxylic acids is 2. The van der Waals surface area contributed by atoms with Crippen LogP contribution in [0.25, 0.3) is 11.0 Å². The van der Waals surface area contributed by atoms with Crippen molar-refractivity contribution in [3.8, 4) is 11.5 Å². The molecule has 0 radical (unpaired) electrons. The first-order valence-corrected chi connectivity index (χ1v) is 11.5. The van der Waals surface area contributed by atoms with Crippen molar-refractivity contribution in [3.05, 3.63) is 76.6 Å². The van der Waals surface area contributed by atoms with Gasteiger partial charge in [0, 0.05) is 40.4 Å². The second-order valence-corrected chi connectivity index (χ2v) is 7.93. The van der Waals surface area contributed by atoms with E-state index < -0.39 is 0 Å². The van der Waals surface area contributed by atoms with Crippen molar-refractivity contribution in [2.45, 2.75) is 4.43 Å². The molecular weight excluding hydrogens is 559 g/mol. The van der Waals surface area contributed by atoms with Crippen LogP contribution < -0.4 is 15.4 Å². The number of hydrogen-bond acceptors (Lipinski definition) is 7. The minimum absolute atomic E-state index is 0.0832. The molecule has 2 amide bonds. The number of fused-ring (bicyclic) bond motifs is 1. The number of pyridine rings is 1. The number of hydrogen-bond donors (Lipinski definition) is 2. The normalized spacial score (nSPS) is 10.6. The number of nitrogens with zero attached hydrogens (tertiary/aromatic N) is 4. The van der Waals surface area contributed by atoms with Crippen LogP contribution in [-0.4, -0.2) is 39.0 Å². The molecule has 166 valence electrons. The van der Waals surface area contributed by atoms with Crippen molar-refractivity contribution < 1.29 is 14.3 Å². The number of halogens is 2. The average Bonchev–Trinajstić information content (AvgIpc) is 2.83. The van der Waals surface area contributed by atoms with Gasteiger partial charge in [0.1, 0.15) is 22.7 Å². The van der Waals surface area contributed by atoms with Crippen LogP contribution in [0.3, 0.4) is 0 Å². The SMILES string of the molecule is CNC(=O)c1cc(Oc2ccc3nc(NC(=O)c4ccc(Cl)cc4CI)nnc3c2)ccn1. The molecule has 9 nitrogen and oxygen atoms in total. The second-order valence-electron chi connectivity index (χ2n) is 6.73. The smallest absolute Gasteiger partial charge is 0.269 e. The van der Waals surface area contributed by atoms with E-state index in [0.29, 0.717) is 37.5 Å². The van der Waals surface area contributed by atoms with Crippen LogP contribution in [0.4, 0.5) is 5.95 Å². The maximum atomic E-state index is 12.7. The molecule has 0 aliphatic rings. The molecule has 0 unspecified atom stereocenters. The fourth-order valence-corrected chi connectivity index (χ4v) is 3.78. The first-order valence-electron chi connectivity index (χ1n) is 9.63. The summed E-state index contributed by atoms with van der Waals surface area (Å²) < 4.78 is 6.44. The predicted molar refractivity (Wildman–Crippen MR) is 132 cm³/mol. The van der Waals surface area contributed by atoms with Gasteiger partial charge in [-0.2, -0.15) is 0 Å². The van der Waals surface area contributed by atoms with E-state index in [1.165, 1.54) is 19.3 Å². The van der Waals surface area contributed by atoms with E-state index in [2.05, 4.69) is 53.4 Å². The fraction of sp³-hybridized carbons (Fsp3) is 0.0909. The fourth-order valence-electron chi connectivity index (χ4n) is 2.96. The van der Waals surface area contributed by atoms with Crippen molar-refractivity contribution in [1.82, 2.24) is 25.5 Å². The Kier molecular flexibility index (Phi) is 6.94. The lowest BCUT2D eigenvalue weighted by atomic mass is 10.1. The van der Waals surface area contributed by atoms with E-state index in [4.69, 9.17) is 16.3 Å². The number of alkyl halides is 1. The molecule has 2 N–H and O–H groups in total. The zero-order valence-electron chi connectivity index (χ0n) is 17.2. The Labute approximate surface area is 207 Å². The van der Waals surface area contributed by atoms with Crippen molar-refractivity contribution in [3.63, 3.8) is 0 Å². The number of carbonyl (C=O) groups is 2. The van der Waals surface area contributed by atoms with Gasteiger partial charge >= 0.3 is 0 Å². The number of benzene rings is 2. The molecule has 0 saturated carbocycles. The lowest BCUT2D eigenvalue weighted by Gasteiger charge is -2.09. The Bertz CT molecular complexity index is 1370. The third-order valence-electron chi connectivity index (χ3n) is 4.53. The van der Waals surface area contributed by atoms with E-state index in [-0.39, 0.29) is 23.5 Å². The third kappa shape index (κ3) is 5.34. The second kappa shape index (κ2) is 10.0. The topological polar surface area (TPSA) is 119 Å². The summed E-state index contributed by atoms with van der Waals surface area (Å²) in [5.41, 5.74) is 2.55. The Morgan fingerprint density at radius 2 is 1.82 bits per heavy atom. The quantitative estimate of drug-likeness (QED) is 0.259. The molecule has 4 rings (SSSR count). The molecule has 0 fully saturated rings. The number of rotatable bonds is 6. The minimum atomic E-state index is -0.343. The van der Waals surface area contributed by atoms with Gasteiger partial charge < -0.3 is 10.1 Å². The van der Waals surface area contributed by atoms with E-state index in [0.717, 1.165) is 5.56 Å². The minimum Gasteiger partial charge on any atom is -0.457 e. The summed E-state index contributed by atoms with van der Waals surface area (Å²) in [5.74, 6) is 0.357. The first kappa shape index (κ1) is 22.8. The van der Waals surface area contributed by atoms with Crippen LogP contribution in [0.5, 0.6) is 11.5 Å². The zero-order chi connectivity index (χ0) is 23.4. The van der Waals surface area contributed by atoms with Gasteiger partial charge in [0.15, 0.2) is 0 Å². The molecule has 0 atom stereocenters. The van der Waals surface area contributed by atoms with Gasteiger partial charge in [0.05, 0.1) is 5.52 Å². The molecule has 0 aliphatic heterocycles. The number of ether oxygens (including phenoxy) is 1. The average molecular weight is 575 g/mol. The maximum absolute atomic E-state index is 12.7. The lowest BCUT2D eigenvalue weighted by molar-refractivity contribution is 0.0957. The predicted octanol–water partition coefficient (Wildman–Crippen LogP) is 4.41. The Morgan fingerprint density at radius 3 is 2.61 bits per heavy atom. The van der Waals surface area contributed by atoms with Crippen molar-refractivity contribution in [2.75, 3.05) is 12.4 Å². The Balaban J connectivity index is 1.52. The van der Waals surface area contributed by atoms with Gasteiger partial charge in [0.25, 0.3) is 11.8 Å². The molecule has 0 bridgehead atoms. The molecule has 2 aromatic carbocycles. The monoisotopic (exact) mass is 574 g/mol. The van der Waals surface area contributed by atoms with E-state index in [9.17, 15) is 9.59 Å². The number of amides is 2. The van der Waals surface area contributed by atoms with Crippen LogP contribution in [0.15, 0.2) is 54.7 Å². The van der Waals surface area contributed by atoms with Gasteiger partial charge in [-0.25, -0.2) is 4.98 Å². The van der Waals surface area contributed by atoms with E-state index >= 15 is 0 Å². The molecule has 0 saturated heterocycles. The standard InChI is InChI=1S/C22H16ClIN6O3/c1-25-21(32)19-10-15(6-7-26-19)33-14-3-5-17-18(9-14)29-30-22(27-17)28-20(31)16-4-2-13(23)8-12(16)11-24/h2-10H,11H2,1H3,(H,25,32)(H,27,28,30,31). The molecule has 2 heterocycles. The van der Waals surface area contributed by atoms with Crippen LogP contribution in [0.2, 0.25) is 5.02 Å². The zero-order valence-corrected chi connectivity index (χ0v) is 20.1.